The number of nitrogens with zero attached hydrogens (tertiary/aromatic N) is 2. The molecule has 11 heavy (non-hydrogen) atoms. The zero-order valence-corrected chi connectivity index (χ0v) is 7.17. The topological polar surface area (TPSA) is 46.0 Å². The van der Waals surface area contributed by atoms with Crippen molar-refractivity contribution in [2.75, 3.05) is 6.61 Å². The Bertz CT molecular complexity index is 286. The zero-order chi connectivity index (χ0) is 8.10. The average molecular weight is 213 g/mol. The molecule has 1 aromatic rings. The number of rotatable bonds is 0. The number of hydrogen-bond donors (Lipinski definition) is 1. The second kappa shape index (κ2) is 4.06. The molecule has 0 fully saturated rings. The van der Waals surface area contributed by atoms with Gasteiger partial charge >= 0.3 is 0 Å². The highest BCUT2D eigenvalue weighted by Gasteiger charge is 1.88. The van der Waals surface area contributed by atoms with Crippen molar-refractivity contribution in [3.63, 3.8) is 0 Å². The van der Waals surface area contributed by atoms with Gasteiger partial charge in [-0.15, -0.1) is 0 Å². The van der Waals surface area contributed by atoms with Crippen molar-refractivity contribution in [1.82, 2.24) is 9.97 Å². The average Bonchev–Trinajstić information content (AvgIpc) is 2.04. The Labute approximate surface area is 72.6 Å². The van der Waals surface area contributed by atoms with Crippen LogP contribution < -0.4 is 0 Å². The summed E-state index contributed by atoms with van der Waals surface area (Å²) >= 11 is 3.19. The normalized spacial score (nSPS) is 8.55. The van der Waals surface area contributed by atoms with Gasteiger partial charge < -0.3 is 5.11 Å². The fraction of sp³-hybridized carbons (Fsp3) is 0.143. The molecule has 0 atom stereocenters. The second-order valence-electron chi connectivity index (χ2n) is 1.68. The molecule has 56 valence electrons. The van der Waals surface area contributed by atoms with E-state index >= 15 is 0 Å². The van der Waals surface area contributed by atoms with Crippen LogP contribution >= 0.6 is 15.9 Å². The largest absolute Gasteiger partial charge is 0.384 e. The van der Waals surface area contributed by atoms with E-state index < -0.39 is 0 Å². The predicted octanol–water partition coefficient (Wildman–Crippen LogP) is 0.583. The Hall–Kier alpha value is -0.920. The first-order valence-corrected chi connectivity index (χ1v) is 3.69. The van der Waals surface area contributed by atoms with Gasteiger partial charge in [-0.05, 0) is 21.9 Å². The quantitative estimate of drug-likeness (QED) is 0.641. The number of aromatic nitrogens is 2. The van der Waals surface area contributed by atoms with Gasteiger partial charge in [0.25, 0.3) is 0 Å². The maximum Gasteiger partial charge on any atom is 0.204 e. The molecule has 0 saturated heterocycles. The Morgan fingerprint density at radius 2 is 2.09 bits per heavy atom. The molecular weight excluding hydrogens is 208 g/mol. The summed E-state index contributed by atoms with van der Waals surface area (Å²) in [7, 11) is 0. The summed E-state index contributed by atoms with van der Waals surface area (Å²) in [5.41, 5.74) is 0. The first-order valence-electron chi connectivity index (χ1n) is 2.90. The Balaban J connectivity index is 2.82. The van der Waals surface area contributed by atoms with Gasteiger partial charge in [-0.2, -0.15) is 0 Å². The highest BCUT2D eigenvalue weighted by atomic mass is 79.9. The highest BCUT2D eigenvalue weighted by molar-refractivity contribution is 9.10. The number of hydrogen-bond acceptors (Lipinski definition) is 3. The van der Waals surface area contributed by atoms with E-state index in [4.69, 9.17) is 5.11 Å². The van der Waals surface area contributed by atoms with E-state index in [1.165, 1.54) is 0 Å². The summed E-state index contributed by atoms with van der Waals surface area (Å²) in [6.45, 7) is -0.167. The molecule has 0 bridgehead atoms. The molecule has 0 saturated carbocycles. The molecule has 1 N–H and O–H groups in total. The molecule has 0 spiro atoms. The summed E-state index contributed by atoms with van der Waals surface area (Å²) in [6, 6.07) is 0. The SMILES string of the molecule is OCC#Cc1ncc(Br)cn1. The van der Waals surface area contributed by atoms with Crippen LogP contribution in [0.15, 0.2) is 16.9 Å². The van der Waals surface area contributed by atoms with E-state index in [9.17, 15) is 0 Å². The van der Waals surface area contributed by atoms with E-state index in [1.807, 2.05) is 0 Å². The van der Waals surface area contributed by atoms with Crippen LogP contribution in [0.4, 0.5) is 0 Å². The van der Waals surface area contributed by atoms with Gasteiger partial charge in [-0.1, -0.05) is 5.92 Å². The van der Waals surface area contributed by atoms with Crippen LogP contribution in [0, 0.1) is 11.8 Å². The Morgan fingerprint density at radius 1 is 1.45 bits per heavy atom. The molecular formula is C7H5BrN2O. The van der Waals surface area contributed by atoms with Gasteiger partial charge in [-0.25, -0.2) is 9.97 Å². The number of halogens is 1. The van der Waals surface area contributed by atoms with Gasteiger partial charge in [0.05, 0.1) is 4.47 Å². The van der Waals surface area contributed by atoms with Crippen molar-refractivity contribution in [3.05, 3.63) is 22.7 Å². The Morgan fingerprint density at radius 3 is 2.64 bits per heavy atom. The molecule has 0 aliphatic heterocycles. The lowest BCUT2D eigenvalue weighted by Gasteiger charge is -1.87. The lowest BCUT2D eigenvalue weighted by molar-refractivity contribution is 0.350. The molecule has 0 amide bonds. The lowest BCUT2D eigenvalue weighted by atomic mass is 10.5. The maximum absolute atomic E-state index is 8.34. The van der Waals surface area contributed by atoms with E-state index in [1.54, 1.807) is 12.4 Å². The van der Waals surface area contributed by atoms with Crippen LogP contribution in [0.3, 0.4) is 0 Å². The maximum atomic E-state index is 8.34. The lowest BCUT2D eigenvalue weighted by Crippen LogP contribution is -1.86. The van der Waals surface area contributed by atoms with Gasteiger partial charge in [0.15, 0.2) is 0 Å². The van der Waals surface area contributed by atoms with Gasteiger partial charge in [0, 0.05) is 12.4 Å². The second-order valence-corrected chi connectivity index (χ2v) is 2.60. The summed E-state index contributed by atoms with van der Waals surface area (Å²) in [5, 5.41) is 8.34. The zero-order valence-electron chi connectivity index (χ0n) is 5.58. The molecule has 0 aliphatic carbocycles. The van der Waals surface area contributed by atoms with Crippen LogP contribution in [0.1, 0.15) is 5.82 Å². The van der Waals surface area contributed by atoms with Crippen molar-refractivity contribution in [1.29, 1.82) is 0 Å². The monoisotopic (exact) mass is 212 g/mol. The molecule has 1 heterocycles. The molecule has 3 nitrogen and oxygen atoms in total. The number of aliphatic hydroxyl groups excluding tert-OH is 1. The van der Waals surface area contributed by atoms with Crippen LogP contribution in [-0.2, 0) is 0 Å². The first kappa shape index (κ1) is 8.18. The van der Waals surface area contributed by atoms with Crippen molar-refractivity contribution in [3.8, 4) is 11.8 Å². The van der Waals surface area contributed by atoms with Crippen LogP contribution in [-0.4, -0.2) is 21.7 Å². The standard InChI is InChI=1S/C7H5BrN2O/c8-6-4-9-7(10-5-6)2-1-3-11/h4-5,11H,3H2. The summed E-state index contributed by atoms with van der Waals surface area (Å²) in [6.07, 6.45) is 3.21. The minimum absolute atomic E-state index is 0.167. The van der Waals surface area contributed by atoms with Crippen LogP contribution in [0.5, 0.6) is 0 Å². The fourth-order valence-corrected chi connectivity index (χ4v) is 0.700. The van der Waals surface area contributed by atoms with E-state index in [2.05, 4.69) is 37.7 Å². The summed E-state index contributed by atoms with van der Waals surface area (Å²) in [5.74, 6) is 5.45. The van der Waals surface area contributed by atoms with Crippen LogP contribution in [0.25, 0.3) is 0 Å². The molecule has 4 heteroatoms. The van der Waals surface area contributed by atoms with Crippen molar-refractivity contribution < 1.29 is 5.11 Å². The third kappa shape index (κ3) is 2.66. The molecule has 0 aromatic carbocycles. The third-order valence-electron chi connectivity index (χ3n) is 0.900. The molecule has 1 rings (SSSR count). The fourth-order valence-electron chi connectivity index (χ4n) is 0.495. The summed E-state index contributed by atoms with van der Waals surface area (Å²) in [4.78, 5) is 7.75. The molecule has 0 aliphatic rings. The minimum atomic E-state index is -0.167. The molecule has 1 aromatic heterocycles. The third-order valence-corrected chi connectivity index (χ3v) is 1.31. The van der Waals surface area contributed by atoms with Crippen molar-refractivity contribution >= 4 is 15.9 Å². The van der Waals surface area contributed by atoms with Gasteiger partial charge in [0.2, 0.25) is 5.82 Å². The van der Waals surface area contributed by atoms with Gasteiger partial charge in [0.1, 0.15) is 6.61 Å². The summed E-state index contributed by atoms with van der Waals surface area (Å²) < 4.78 is 0.812. The van der Waals surface area contributed by atoms with Gasteiger partial charge in [-0.3, -0.25) is 0 Å². The minimum Gasteiger partial charge on any atom is -0.384 e. The number of aliphatic hydroxyl groups is 1. The molecule has 0 radical (unpaired) electrons. The molecule has 0 unspecified atom stereocenters. The van der Waals surface area contributed by atoms with E-state index in [0.717, 1.165) is 4.47 Å². The van der Waals surface area contributed by atoms with E-state index in [-0.39, 0.29) is 6.61 Å². The first-order chi connectivity index (χ1) is 5.33. The smallest absolute Gasteiger partial charge is 0.204 e. The Kier molecular flexibility index (Phi) is 3.02. The predicted molar refractivity (Wildman–Crippen MR) is 43.7 cm³/mol. The highest BCUT2D eigenvalue weighted by Crippen LogP contribution is 2.03. The van der Waals surface area contributed by atoms with Crippen molar-refractivity contribution in [2.24, 2.45) is 0 Å². The van der Waals surface area contributed by atoms with Crippen LogP contribution in [0.2, 0.25) is 0 Å². The van der Waals surface area contributed by atoms with E-state index in [0.29, 0.717) is 5.82 Å². The van der Waals surface area contributed by atoms with Crippen molar-refractivity contribution in [2.45, 2.75) is 0 Å².